The molecule has 0 spiro atoms. The number of allylic oxidation sites excluding steroid dienone is 1. The maximum atomic E-state index is 14.9. The highest BCUT2D eigenvalue weighted by atomic mass is 19.3. The highest BCUT2D eigenvalue weighted by Gasteiger charge is 2.45. The predicted octanol–water partition coefficient (Wildman–Crippen LogP) is 8.39. The standard InChI is InChI=1S/C28H27F7O4/c1-2-3-16-14-36-27(37-15-16)17-4-7-19(8-5-17)28(34,35)39-20-9-10-21(22(29)13-20)18-6-11-24(23(30)12-18)38-26(33)25(31)32/h2-3,6,9-13,16-17,19,27H,4-5,7-8,14-15H2,1H3/b3-2+. The van der Waals surface area contributed by atoms with Gasteiger partial charge in [-0.2, -0.15) is 22.0 Å². The van der Waals surface area contributed by atoms with Gasteiger partial charge in [-0.3, -0.25) is 0 Å². The molecule has 1 saturated heterocycles. The fraction of sp³-hybridized carbons (Fsp3) is 0.429. The zero-order chi connectivity index (χ0) is 28.2. The van der Waals surface area contributed by atoms with Gasteiger partial charge in [0.25, 0.3) is 0 Å². The molecule has 11 heteroatoms. The van der Waals surface area contributed by atoms with Crippen LogP contribution in [-0.4, -0.2) is 25.6 Å². The topological polar surface area (TPSA) is 36.9 Å². The van der Waals surface area contributed by atoms with Gasteiger partial charge in [0.05, 0.1) is 19.1 Å². The molecule has 0 atom stereocenters. The van der Waals surface area contributed by atoms with E-state index in [0.717, 1.165) is 36.4 Å². The SMILES string of the molecule is C/C=C/C1COC(C2CCC(C(F)(F)Oc3ccc(-c4ccc(OC(F)=C(F)F)c(F)c4)c(F)c3)CC2)OC1. The van der Waals surface area contributed by atoms with E-state index in [0.29, 0.717) is 26.1 Å². The Bertz CT molecular complexity index is 1200. The minimum atomic E-state index is -3.56. The van der Waals surface area contributed by atoms with E-state index < -0.39 is 53.5 Å². The summed E-state index contributed by atoms with van der Waals surface area (Å²) in [4.78, 5) is 0. The van der Waals surface area contributed by atoms with Gasteiger partial charge in [-0.15, -0.1) is 0 Å². The number of hydrogen-bond acceptors (Lipinski definition) is 4. The van der Waals surface area contributed by atoms with Crippen molar-refractivity contribution < 1.29 is 49.7 Å². The third-order valence-electron chi connectivity index (χ3n) is 6.83. The van der Waals surface area contributed by atoms with Gasteiger partial charge in [0.2, 0.25) is 0 Å². The molecule has 0 amide bonds. The molecule has 1 aliphatic heterocycles. The molecule has 2 aromatic rings. The van der Waals surface area contributed by atoms with Crippen LogP contribution in [0.3, 0.4) is 0 Å². The summed E-state index contributed by atoms with van der Waals surface area (Å²) in [6.45, 7) is 2.96. The van der Waals surface area contributed by atoms with Crippen molar-refractivity contribution in [2.75, 3.05) is 13.2 Å². The summed E-state index contributed by atoms with van der Waals surface area (Å²) >= 11 is 0. The molecule has 2 aliphatic rings. The van der Waals surface area contributed by atoms with E-state index >= 15 is 0 Å². The smallest absolute Gasteiger partial charge is 0.400 e. The van der Waals surface area contributed by atoms with Crippen LogP contribution in [0.1, 0.15) is 32.6 Å². The third kappa shape index (κ3) is 7.13. The monoisotopic (exact) mass is 560 g/mol. The van der Waals surface area contributed by atoms with Crippen LogP contribution in [0.5, 0.6) is 11.5 Å². The second-order valence-corrected chi connectivity index (χ2v) is 9.52. The number of rotatable bonds is 8. The molecule has 0 bridgehead atoms. The first-order chi connectivity index (χ1) is 18.6. The Balaban J connectivity index is 1.35. The molecule has 1 saturated carbocycles. The Morgan fingerprint density at radius 2 is 1.62 bits per heavy atom. The minimum Gasteiger partial charge on any atom is -0.432 e. The summed E-state index contributed by atoms with van der Waals surface area (Å²) in [5.74, 6) is -4.36. The number of alkyl halides is 2. The Kier molecular flexibility index (Phi) is 9.22. The zero-order valence-corrected chi connectivity index (χ0v) is 20.9. The Labute approximate surface area is 221 Å². The van der Waals surface area contributed by atoms with Gasteiger partial charge in [-0.05, 0) is 62.4 Å². The van der Waals surface area contributed by atoms with Crippen LogP contribution in [0.2, 0.25) is 0 Å². The van der Waals surface area contributed by atoms with Crippen molar-refractivity contribution in [1.82, 2.24) is 0 Å². The average molecular weight is 561 g/mol. The molecule has 4 nitrogen and oxygen atoms in total. The van der Waals surface area contributed by atoms with Gasteiger partial charge < -0.3 is 18.9 Å². The van der Waals surface area contributed by atoms with E-state index in [4.69, 9.17) is 14.2 Å². The first-order valence-corrected chi connectivity index (χ1v) is 12.5. The molecule has 0 unspecified atom stereocenters. The molecule has 39 heavy (non-hydrogen) atoms. The lowest BCUT2D eigenvalue weighted by molar-refractivity contribution is -0.244. The van der Waals surface area contributed by atoms with Crippen LogP contribution < -0.4 is 9.47 Å². The van der Waals surface area contributed by atoms with E-state index in [1.54, 1.807) is 0 Å². The lowest BCUT2D eigenvalue weighted by Crippen LogP contribution is -2.41. The van der Waals surface area contributed by atoms with Crippen LogP contribution in [0, 0.1) is 29.4 Å². The molecular formula is C28H27F7O4. The highest BCUT2D eigenvalue weighted by molar-refractivity contribution is 5.66. The zero-order valence-electron chi connectivity index (χ0n) is 20.9. The quantitative estimate of drug-likeness (QED) is 0.185. The van der Waals surface area contributed by atoms with Gasteiger partial charge in [0.15, 0.2) is 17.9 Å². The average Bonchev–Trinajstić information content (AvgIpc) is 2.90. The van der Waals surface area contributed by atoms with Crippen molar-refractivity contribution >= 4 is 0 Å². The van der Waals surface area contributed by atoms with Crippen molar-refractivity contribution in [3.63, 3.8) is 0 Å². The van der Waals surface area contributed by atoms with Crippen molar-refractivity contribution in [2.45, 2.75) is 45.0 Å². The van der Waals surface area contributed by atoms with Crippen molar-refractivity contribution in [3.8, 4) is 22.6 Å². The minimum absolute atomic E-state index is 0.000953. The first kappa shape index (κ1) is 28.9. The second-order valence-electron chi connectivity index (χ2n) is 9.52. The van der Waals surface area contributed by atoms with E-state index in [-0.39, 0.29) is 35.8 Å². The third-order valence-corrected chi connectivity index (χ3v) is 6.83. The number of ether oxygens (including phenoxy) is 4. The van der Waals surface area contributed by atoms with Gasteiger partial charge in [0.1, 0.15) is 11.6 Å². The maximum absolute atomic E-state index is 14.9. The van der Waals surface area contributed by atoms with Gasteiger partial charge in [-0.25, -0.2) is 8.78 Å². The lowest BCUT2D eigenvalue weighted by Gasteiger charge is -2.38. The van der Waals surface area contributed by atoms with Crippen LogP contribution in [0.15, 0.2) is 60.6 Å². The van der Waals surface area contributed by atoms with Gasteiger partial charge in [0, 0.05) is 23.5 Å². The first-order valence-electron chi connectivity index (χ1n) is 12.5. The van der Waals surface area contributed by atoms with E-state index in [9.17, 15) is 30.7 Å². The fourth-order valence-corrected chi connectivity index (χ4v) is 4.84. The molecule has 4 rings (SSSR count). The Hall–Kier alpha value is -3.05. The summed E-state index contributed by atoms with van der Waals surface area (Å²) in [5.41, 5.74) is -0.225. The molecule has 212 valence electrons. The van der Waals surface area contributed by atoms with E-state index in [1.807, 2.05) is 19.1 Å². The Morgan fingerprint density at radius 3 is 2.21 bits per heavy atom. The molecule has 1 heterocycles. The number of benzene rings is 2. The molecular weight excluding hydrogens is 533 g/mol. The predicted molar refractivity (Wildman–Crippen MR) is 128 cm³/mol. The molecule has 2 fully saturated rings. The molecule has 1 aliphatic carbocycles. The van der Waals surface area contributed by atoms with E-state index in [2.05, 4.69) is 4.74 Å². The number of hydrogen-bond donors (Lipinski definition) is 0. The molecule has 2 aromatic carbocycles. The molecule has 0 aromatic heterocycles. The summed E-state index contributed by atoms with van der Waals surface area (Å²) < 4.78 is 117. The van der Waals surface area contributed by atoms with Gasteiger partial charge in [-0.1, -0.05) is 18.2 Å². The highest BCUT2D eigenvalue weighted by Crippen LogP contribution is 2.42. The van der Waals surface area contributed by atoms with Crippen molar-refractivity contribution in [1.29, 1.82) is 0 Å². The van der Waals surface area contributed by atoms with Crippen LogP contribution in [0.4, 0.5) is 30.7 Å². The van der Waals surface area contributed by atoms with Gasteiger partial charge >= 0.3 is 18.2 Å². The van der Waals surface area contributed by atoms with E-state index in [1.165, 1.54) is 0 Å². The maximum Gasteiger partial charge on any atom is 0.400 e. The van der Waals surface area contributed by atoms with Crippen LogP contribution in [-0.2, 0) is 9.47 Å². The number of halogens is 7. The second kappa shape index (κ2) is 12.4. The van der Waals surface area contributed by atoms with Crippen molar-refractivity contribution in [2.24, 2.45) is 17.8 Å². The van der Waals surface area contributed by atoms with Crippen molar-refractivity contribution in [3.05, 3.63) is 72.3 Å². The summed E-state index contributed by atoms with van der Waals surface area (Å²) in [7, 11) is 0. The summed E-state index contributed by atoms with van der Waals surface area (Å²) in [5, 5.41) is 0. The van der Waals surface area contributed by atoms with Crippen LogP contribution in [0.25, 0.3) is 11.1 Å². The largest absolute Gasteiger partial charge is 0.432 e. The van der Waals surface area contributed by atoms with Crippen LogP contribution >= 0.6 is 0 Å². The summed E-state index contributed by atoms with van der Waals surface area (Å²) in [6.07, 6.45) is -1.52. The summed E-state index contributed by atoms with van der Waals surface area (Å²) in [6, 6.07) is 3.41. The molecule has 0 radical (unpaired) electrons. The lowest BCUT2D eigenvalue weighted by atomic mass is 9.80. The normalized spacial score (nSPS) is 24.0. The Morgan fingerprint density at radius 1 is 0.923 bits per heavy atom. The molecule has 0 N–H and O–H groups in total. The fourth-order valence-electron chi connectivity index (χ4n) is 4.84.